The molecule has 0 bridgehead atoms. The maximum atomic E-state index is 14.0. The fraction of sp³-hybridized carbons (Fsp3) is 0.464. The highest BCUT2D eigenvalue weighted by Gasteiger charge is 2.54. The topological polar surface area (TPSA) is 85.4 Å². The van der Waals surface area contributed by atoms with Crippen molar-refractivity contribution in [1.29, 1.82) is 0 Å². The van der Waals surface area contributed by atoms with Gasteiger partial charge in [0.1, 0.15) is 0 Å². The Labute approximate surface area is 211 Å². The zero-order chi connectivity index (χ0) is 25.1. The van der Waals surface area contributed by atoms with E-state index in [4.69, 9.17) is 14.2 Å². The maximum Gasteiger partial charge on any atom is 0.241 e. The van der Waals surface area contributed by atoms with Gasteiger partial charge in [0.2, 0.25) is 24.5 Å². The van der Waals surface area contributed by atoms with Gasteiger partial charge >= 0.3 is 0 Å². The van der Waals surface area contributed by atoms with Gasteiger partial charge in [-0.25, -0.2) is 0 Å². The highest BCUT2D eigenvalue weighted by Crippen LogP contribution is 2.42. The third-order valence-corrected chi connectivity index (χ3v) is 7.57. The molecule has 3 heterocycles. The molecule has 0 saturated carbocycles. The molecule has 3 aliphatic heterocycles. The van der Waals surface area contributed by atoms with Crippen LogP contribution < -0.4 is 9.47 Å². The number of ether oxygens (including phenoxy) is 3. The van der Waals surface area contributed by atoms with Crippen LogP contribution in [0.4, 0.5) is 0 Å². The average molecular weight is 493 g/mol. The molecule has 2 saturated heterocycles. The molecule has 0 radical (unpaired) electrons. The first-order valence-electron chi connectivity index (χ1n) is 12.6. The van der Waals surface area contributed by atoms with Gasteiger partial charge in [-0.1, -0.05) is 36.4 Å². The van der Waals surface area contributed by atoms with Crippen molar-refractivity contribution in [2.24, 2.45) is 0 Å². The first-order valence-corrected chi connectivity index (χ1v) is 12.6. The van der Waals surface area contributed by atoms with Gasteiger partial charge in [-0.15, -0.1) is 0 Å². The fourth-order valence-corrected chi connectivity index (χ4v) is 5.65. The molecule has 2 aromatic rings. The minimum Gasteiger partial charge on any atom is -0.454 e. The van der Waals surface area contributed by atoms with Crippen LogP contribution in [0.25, 0.3) is 0 Å². The molecule has 0 aliphatic carbocycles. The standard InChI is InChI=1S/C28H32N2O6/c1-34-14-12-22-9-5-6-13-29(22)25(31)16-28(21-7-3-2-4-8-21)17-26(32)30(27(28)33)18-20-10-11-23-24(15-20)36-19-35-23/h2-4,7-8,10-11,15,22H,5-6,9,12-14,16-19H2,1H3/t22-,28+/m0/s1. The second-order valence-electron chi connectivity index (χ2n) is 9.79. The molecule has 8 heteroatoms. The van der Waals surface area contributed by atoms with Gasteiger partial charge < -0.3 is 19.1 Å². The smallest absolute Gasteiger partial charge is 0.241 e. The van der Waals surface area contributed by atoms with E-state index in [9.17, 15) is 14.4 Å². The Morgan fingerprint density at radius 3 is 2.69 bits per heavy atom. The van der Waals surface area contributed by atoms with Crippen molar-refractivity contribution in [2.75, 3.05) is 27.1 Å². The lowest BCUT2D eigenvalue weighted by Gasteiger charge is -2.38. The number of hydrogen-bond acceptors (Lipinski definition) is 6. The van der Waals surface area contributed by atoms with Crippen LogP contribution in [0.1, 0.15) is 49.7 Å². The molecule has 5 rings (SSSR count). The summed E-state index contributed by atoms with van der Waals surface area (Å²) in [5, 5.41) is 0. The summed E-state index contributed by atoms with van der Waals surface area (Å²) in [5.74, 6) is 0.569. The molecular formula is C28H32N2O6. The van der Waals surface area contributed by atoms with Gasteiger partial charge in [-0.3, -0.25) is 19.3 Å². The lowest BCUT2D eigenvalue weighted by Crippen LogP contribution is -2.48. The number of hydrogen-bond donors (Lipinski definition) is 0. The summed E-state index contributed by atoms with van der Waals surface area (Å²) in [7, 11) is 1.66. The maximum absolute atomic E-state index is 14.0. The van der Waals surface area contributed by atoms with Gasteiger partial charge in [0.25, 0.3) is 0 Å². The van der Waals surface area contributed by atoms with Crippen molar-refractivity contribution in [2.45, 2.75) is 56.5 Å². The van der Waals surface area contributed by atoms with Crippen LogP contribution in [0.3, 0.4) is 0 Å². The number of carbonyl (C=O) groups excluding carboxylic acids is 3. The summed E-state index contributed by atoms with van der Waals surface area (Å²) in [6.45, 7) is 1.53. The third-order valence-electron chi connectivity index (χ3n) is 7.57. The van der Waals surface area contributed by atoms with Crippen LogP contribution in [0.2, 0.25) is 0 Å². The van der Waals surface area contributed by atoms with Crippen molar-refractivity contribution in [3.63, 3.8) is 0 Å². The summed E-state index contributed by atoms with van der Waals surface area (Å²) in [6, 6.07) is 14.8. The highest BCUT2D eigenvalue weighted by atomic mass is 16.7. The Morgan fingerprint density at radius 1 is 1.08 bits per heavy atom. The Kier molecular flexibility index (Phi) is 6.96. The number of likely N-dealkylation sites (tertiary alicyclic amines) is 2. The van der Waals surface area contributed by atoms with Gasteiger partial charge in [0.15, 0.2) is 11.5 Å². The van der Waals surface area contributed by atoms with Crippen molar-refractivity contribution >= 4 is 17.7 Å². The van der Waals surface area contributed by atoms with E-state index in [0.717, 1.165) is 31.2 Å². The number of imide groups is 1. The summed E-state index contributed by atoms with van der Waals surface area (Å²) >= 11 is 0. The number of methoxy groups -OCH3 is 1. The average Bonchev–Trinajstić information content (AvgIpc) is 3.46. The number of benzene rings is 2. The SMILES string of the molecule is COCC[C@@H]1CCCCN1C(=O)C[C@]1(c2ccccc2)CC(=O)N(Cc2ccc3c(c2)OCO3)C1=O. The molecule has 0 N–H and O–H groups in total. The second-order valence-corrected chi connectivity index (χ2v) is 9.79. The Balaban J connectivity index is 1.42. The lowest BCUT2D eigenvalue weighted by molar-refractivity contribution is -0.144. The molecule has 0 aromatic heterocycles. The molecule has 3 amide bonds. The second kappa shape index (κ2) is 10.3. The van der Waals surface area contributed by atoms with E-state index in [2.05, 4.69) is 0 Å². The zero-order valence-corrected chi connectivity index (χ0v) is 20.6. The molecule has 2 aromatic carbocycles. The molecule has 36 heavy (non-hydrogen) atoms. The van der Waals surface area contributed by atoms with Crippen molar-refractivity contribution < 1.29 is 28.6 Å². The van der Waals surface area contributed by atoms with Crippen molar-refractivity contribution in [1.82, 2.24) is 9.80 Å². The molecule has 3 aliphatic rings. The Hall–Kier alpha value is -3.39. The quantitative estimate of drug-likeness (QED) is 0.525. The predicted molar refractivity (Wildman–Crippen MR) is 131 cm³/mol. The number of piperidine rings is 1. The minimum atomic E-state index is -1.21. The van der Waals surface area contributed by atoms with E-state index in [-0.39, 0.29) is 49.9 Å². The predicted octanol–water partition coefficient (Wildman–Crippen LogP) is 3.42. The molecule has 190 valence electrons. The third kappa shape index (κ3) is 4.57. The van der Waals surface area contributed by atoms with Crippen LogP contribution in [0.5, 0.6) is 11.5 Å². The first-order chi connectivity index (χ1) is 17.5. The van der Waals surface area contributed by atoms with E-state index >= 15 is 0 Å². The van der Waals surface area contributed by atoms with Crippen LogP contribution in [0.15, 0.2) is 48.5 Å². The van der Waals surface area contributed by atoms with Crippen LogP contribution in [-0.4, -0.2) is 60.6 Å². The van der Waals surface area contributed by atoms with E-state index in [1.165, 1.54) is 4.90 Å². The zero-order valence-electron chi connectivity index (χ0n) is 20.6. The van der Waals surface area contributed by atoms with Gasteiger partial charge in [-0.05, 0) is 48.9 Å². The Bertz CT molecular complexity index is 1140. The van der Waals surface area contributed by atoms with E-state index < -0.39 is 5.41 Å². The lowest BCUT2D eigenvalue weighted by atomic mass is 9.75. The molecular weight excluding hydrogens is 460 g/mol. The highest BCUT2D eigenvalue weighted by molar-refractivity contribution is 6.10. The Morgan fingerprint density at radius 2 is 1.89 bits per heavy atom. The van der Waals surface area contributed by atoms with E-state index in [1.54, 1.807) is 19.2 Å². The number of carbonyl (C=O) groups is 3. The summed E-state index contributed by atoms with van der Waals surface area (Å²) in [4.78, 5) is 44.2. The molecule has 2 atom stereocenters. The fourth-order valence-electron chi connectivity index (χ4n) is 5.65. The summed E-state index contributed by atoms with van der Waals surface area (Å²) in [6.07, 6.45) is 3.66. The van der Waals surface area contributed by atoms with E-state index in [1.807, 2.05) is 41.3 Å². The first kappa shape index (κ1) is 24.3. The van der Waals surface area contributed by atoms with Gasteiger partial charge in [-0.2, -0.15) is 0 Å². The van der Waals surface area contributed by atoms with Gasteiger partial charge in [0, 0.05) is 39.1 Å². The number of nitrogens with zero attached hydrogens (tertiary/aromatic N) is 2. The molecule has 8 nitrogen and oxygen atoms in total. The number of amides is 3. The van der Waals surface area contributed by atoms with Crippen molar-refractivity contribution in [3.05, 3.63) is 59.7 Å². The number of rotatable bonds is 8. The van der Waals surface area contributed by atoms with Gasteiger partial charge in [0.05, 0.1) is 12.0 Å². The molecule has 0 unspecified atom stereocenters. The van der Waals surface area contributed by atoms with Crippen LogP contribution >= 0.6 is 0 Å². The number of fused-ring (bicyclic) bond motifs is 1. The van der Waals surface area contributed by atoms with Crippen LogP contribution in [0, 0.1) is 0 Å². The van der Waals surface area contributed by atoms with Crippen molar-refractivity contribution in [3.8, 4) is 11.5 Å². The minimum absolute atomic E-state index is 0.0251. The molecule has 2 fully saturated rings. The van der Waals surface area contributed by atoms with E-state index in [0.29, 0.717) is 30.2 Å². The summed E-state index contributed by atoms with van der Waals surface area (Å²) in [5.41, 5.74) is 0.261. The summed E-state index contributed by atoms with van der Waals surface area (Å²) < 4.78 is 16.1. The monoisotopic (exact) mass is 492 g/mol. The van der Waals surface area contributed by atoms with Crippen LogP contribution in [-0.2, 0) is 31.1 Å². The largest absolute Gasteiger partial charge is 0.454 e. The molecule has 0 spiro atoms. The normalized spacial score (nSPS) is 23.4.